The molecular weight excluding hydrogens is 272 g/mol. The second-order valence-corrected chi connectivity index (χ2v) is 4.02. The van der Waals surface area contributed by atoms with E-state index in [9.17, 15) is 0 Å². The first-order chi connectivity index (χ1) is 10.2. The first kappa shape index (κ1) is 16.7. The average Bonchev–Trinajstić information content (AvgIpc) is 2.55. The number of phenolic OH excluding ortho intramolecular Hbond substituents is 1. The molecule has 114 valence electrons. The van der Waals surface area contributed by atoms with Crippen LogP contribution in [0, 0.1) is 0 Å². The number of phenols is 1. The zero-order valence-electron chi connectivity index (χ0n) is 12.4. The topological polar surface area (TPSA) is 68.2 Å². The van der Waals surface area contributed by atoms with Crippen LogP contribution in [0.4, 0.5) is 0 Å². The molecule has 0 bridgehead atoms. The average molecular weight is 292 g/mol. The van der Waals surface area contributed by atoms with E-state index in [0.29, 0.717) is 17.2 Å². The number of aliphatic hydroxyl groups excluding tert-OH is 1. The molecule has 0 saturated heterocycles. The van der Waals surface area contributed by atoms with Crippen molar-refractivity contribution in [3.8, 4) is 23.0 Å². The fourth-order valence-electron chi connectivity index (χ4n) is 1.61. The van der Waals surface area contributed by atoms with Gasteiger partial charge in [0, 0.05) is 0 Å². The second kappa shape index (κ2) is 8.71. The van der Waals surface area contributed by atoms with Gasteiger partial charge >= 0.3 is 0 Å². The van der Waals surface area contributed by atoms with Crippen molar-refractivity contribution in [1.82, 2.24) is 0 Å². The van der Waals surface area contributed by atoms with Crippen molar-refractivity contribution in [2.75, 3.05) is 21.3 Å². The molecule has 2 aromatic carbocycles. The van der Waals surface area contributed by atoms with Crippen LogP contribution >= 0.6 is 0 Å². The van der Waals surface area contributed by atoms with E-state index in [1.807, 2.05) is 0 Å². The lowest BCUT2D eigenvalue weighted by Crippen LogP contribution is -1.92. The summed E-state index contributed by atoms with van der Waals surface area (Å²) >= 11 is 0. The predicted molar refractivity (Wildman–Crippen MR) is 80.1 cm³/mol. The highest BCUT2D eigenvalue weighted by Gasteiger charge is 2.02. The molecule has 0 atom stereocenters. The Balaban J connectivity index is 0.000000219. The molecule has 0 radical (unpaired) electrons. The van der Waals surface area contributed by atoms with Crippen molar-refractivity contribution < 1.29 is 24.4 Å². The molecule has 2 N–H and O–H groups in total. The van der Waals surface area contributed by atoms with Crippen molar-refractivity contribution in [3.05, 3.63) is 48.0 Å². The summed E-state index contributed by atoms with van der Waals surface area (Å²) in [5, 5.41) is 17.8. The smallest absolute Gasteiger partial charge is 0.161 e. The number of aromatic hydroxyl groups is 1. The number of ether oxygens (including phenoxy) is 3. The van der Waals surface area contributed by atoms with E-state index in [1.54, 1.807) is 56.7 Å². The summed E-state index contributed by atoms with van der Waals surface area (Å²) in [6.45, 7) is 0.0142. The molecule has 5 heteroatoms. The van der Waals surface area contributed by atoms with Crippen LogP contribution in [0.2, 0.25) is 0 Å². The number of hydrogen-bond donors (Lipinski definition) is 2. The second-order valence-electron chi connectivity index (χ2n) is 4.02. The van der Waals surface area contributed by atoms with Gasteiger partial charge in [-0.15, -0.1) is 0 Å². The number of aliphatic hydroxyl groups is 1. The van der Waals surface area contributed by atoms with E-state index in [4.69, 9.17) is 24.4 Å². The molecular formula is C16H20O5. The molecule has 0 spiro atoms. The monoisotopic (exact) mass is 292 g/mol. The van der Waals surface area contributed by atoms with Crippen LogP contribution in [0.1, 0.15) is 5.56 Å². The number of hydrogen-bond acceptors (Lipinski definition) is 5. The number of benzene rings is 2. The van der Waals surface area contributed by atoms with Gasteiger partial charge < -0.3 is 24.4 Å². The molecule has 0 amide bonds. The highest BCUT2D eigenvalue weighted by atomic mass is 16.5. The molecule has 2 aromatic rings. The Bertz CT molecular complexity index is 554. The van der Waals surface area contributed by atoms with Crippen molar-refractivity contribution in [3.63, 3.8) is 0 Å². The molecule has 0 saturated carbocycles. The van der Waals surface area contributed by atoms with Crippen molar-refractivity contribution in [1.29, 1.82) is 0 Å². The molecule has 0 aromatic heterocycles. The molecule has 0 aliphatic carbocycles. The van der Waals surface area contributed by atoms with Gasteiger partial charge in [0.15, 0.2) is 23.0 Å². The van der Waals surface area contributed by atoms with Gasteiger partial charge in [0.05, 0.1) is 27.9 Å². The molecule has 0 fully saturated rings. The molecule has 0 aliphatic heterocycles. The maximum absolute atomic E-state index is 8.99. The first-order valence-electron chi connectivity index (χ1n) is 6.30. The molecule has 0 aliphatic rings. The first-order valence-corrected chi connectivity index (χ1v) is 6.30. The summed E-state index contributed by atoms with van der Waals surface area (Å²) in [6, 6.07) is 12.1. The van der Waals surface area contributed by atoms with E-state index >= 15 is 0 Å². The maximum atomic E-state index is 8.99. The lowest BCUT2D eigenvalue weighted by atomic mass is 10.2. The van der Waals surface area contributed by atoms with Crippen LogP contribution in [-0.4, -0.2) is 31.5 Å². The van der Waals surface area contributed by atoms with Gasteiger partial charge in [0.25, 0.3) is 0 Å². The van der Waals surface area contributed by atoms with Crippen molar-refractivity contribution >= 4 is 0 Å². The standard InChI is InChI=1S/C9H12O3.C7H8O2/c1-11-8-4-3-7(6-10)5-9(8)12-2;1-9-7-5-3-2-4-6(7)8/h3-5,10H,6H2,1-2H3;2-5,8H,1H3. The van der Waals surface area contributed by atoms with Crippen LogP contribution in [0.5, 0.6) is 23.0 Å². The Morgan fingerprint density at radius 1 is 0.810 bits per heavy atom. The van der Waals surface area contributed by atoms with Crippen molar-refractivity contribution in [2.24, 2.45) is 0 Å². The third-order valence-electron chi connectivity index (χ3n) is 2.72. The highest BCUT2D eigenvalue weighted by Crippen LogP contribution is 2.27. The van der Waals surface area contributed by atoms with E-state index in [-0.39, 0.29) is 12.4 Å². The Labute approximate surface area is 124 Å². The minimum Gasteiger partial charge on any atom is -0.504 e. The van der Waals surface area contributed by atoms with Gasteiger partial charge in [0.2, 0.25) is 0 Å². The number of methoxy groups -OCH3 is 3. The van der Waals surface area contributed by atoms with E-state index in [1.165, 1.54) is 7.11 Å². The van der Waals surface area contributed by atoms with E-state index in [0.717, 1.165) is 5.56 Å². The molecule has 5 nitrogen and oxygen atoms in total. The van der Waals surface area contributed by atoms with Gasteiger partial charge in [-0.3, -0.25) is 0 Å². The number of rotatable bonds is 4. The zero-order chi connectivity index (χ0) is 15.7. The SMILES string of the molecule is COc1ccc(CO)cc1OC.COc1ccccc1O. The van der Waals surface area contributed by atoms with Crippen LogP contribution in [0.25, 0.3) is 0 Å². The minimum absolute atomic E-state index is 0.0142. The third-order valence-corrected chi connectivity index (χ3v) is 2.72. The lowest BCUT2D eigenvalue weighted by Gasteiger charge is -2.07. The Hall–Kier alpha value is -2.40. The highest BCUT2D eigenvalue weighted by molar-refractivity contribution is 5.42. The third kappa shape index (κ3) is 4.89. The minimum atomic E-state index is 0.0142. The van der Waals surface area contributed by atoms with Crippen LogP contribution in [0.15, 0.2) is 42.5 Å². The van der Waals surface area contributed by atoms with Crippen LogP contribution in [0.3, 0.4) is 0 Å². The summed E-state index contributed by atoms with van der Waals surface area (Å²) in [6.07, 6.45) is 0. The fourth-order valence-corrected chi connectivity index (χ4v) is 1.61. The van der Waals surface area contributed by atoms with Gasteiger partial charge in [-0.2, -0.15) is 0 Å². The van der Waals surface area contributed by atoms with E-state index < -0.39 is 0 Å². The van der Waals surface area contributed by atoms with Gasteiger partial charge in [-0.05, 0) is 29.8 Å². The summed E-state index contributed by atoms with van der Waals surface area (Å²) < 4.78 is 14.9. The summed E-state index contributed by atoms with van der Waals surface area (Å²) in [5.74, 6) is 2.01. The molecule has 2 rings (SSSR count). The number of para-hydroxylation sites is 2. The summed E-state index contributed by atoms with van der Waals surface area (Å²) in [5.41, 5.74) is 0.813. The summed E-state index contributed by atoms with van der Waals surface area (Å²) in [4.78, 5) is 0. The Morgan fingerprint density at radius 2 is 1.43 bits per heavy atom. The zero-order valence-corrected chi connectivity index (χ0v) is 12.4. The van der Waals surface area contributed by atoms with Gasteiger partial charge in [-0.25, -0.2) is 0 Å². The largest absolute Gasteiger partial charge is 0.504 e. The normalized spacial score (nSPS) is 9.33. The predicted octanol–water partition coefficient (Wildman–Crippen LogP) is 2.60. The van der Waals surface area contributed by atoms with Crippen LogP contribution in [-0.2, 0) is 6.61 Å². The van der Waals surface area contributed by atoms with Gasteiger partial charge in [0.1, 0.15) is 0 Å². The molecule has 21 heavy (non-hydrogen) atoms. The lowest BCUT2D eigenvalue weighted by molar-refractivity contribution is 0.280. The van der Waals surface area contributed by atoms with Gasteiger partial charge in [-0.1, -0.05) is 18.2 Å². The van der Waals surface area contributed by atoms with Crippen LogP contribution < -0.4 is 14.2 Å². The fraction of sp³-hybridized carbons (Fsp3) is 0.250. The quantitative estimate of drug-likeness (QED) is 0.906. The molecule has 0 heterocycles. The van der Waals surface area contributed by atoms with Crippen molar-refractivity contribution in [2.45, 2.75) is 6.61 Å². The van der Waals surface area contributed by atoms with E-state index in [2.05, 4.69) is 0 Å². The summed E-state index contributed by atoms with van der Waals surface area (Å²) in [7, 11) is 4.67. The Kier molecular flexibility index (Phi) is 6.91. The molecule has 0 unspecified atom stereocenters. The Morgan fingerprint density at radius 3 is 1.90 bits per heavy atom. The maximum Gasteiger partial charge on any atom is 0.161 e.